The summed E-state index contributed by atoms with van der Waals surface area (Å²) in [4.78, 5) is 0. The molecule has 0 aliphatic rings. The summed E-state index contributed by atoms with van der Waals surface area (Å²) in [6.45, 7) is 2.92. The minimum atomic E-state index is 0.161. The van der Waals surface area contributed by atoms with Gasteiger partial charge in [0.05, 0.1) is 6.04 Å². The van der Waals surface area contributed by atoms with E-state index >= 15 is 0 Å². The van der Waals surface area contributed by atoms with E-state index < -0.39 is 0 Å². The van der Waals surface area contributed by atoms with Crippen LogP contribution in [0.25, 0.3) is 10.8 Å². The monoisotopic (exact) mass is 223 g/mol. The third-order valence-corrected chi connectivity index (χ3v) is 3.03. The molecule has 17 heavy (non-hydrogen) atoms. The van der Waals surface area contributed by atoms with Crippen molar-refractivity contribution in [1.29, 1.82) is 0 Å². The van der Waals surface area contributed by atoms with Crippen LogP contribution in [0.1, 0.15) is 18.9 Å². The fourth-order valence-corrected chi connectivity index (χ4v) is 2.00. The van der Waals surface area contributed by atoms with Crippen LogP contribution in [0, 0.1) is 12.3 Å². The van der Waals surface area contributed by atoms with Gasteiger partial charge in [-0.25, -0.2) is 0 Å². The summed E-state index contributed by atoms with van der Waals surface area (Å²) in [6, 6.07) is 15.0. The Morgan fingerprint density at radius 2 is 1.94 bits per heavy atom. The van der Waals surface area contributed by atoms with E-state index in [1.165, 1.54) is 16.3 Å². The van der Waals surface area contributed by atoms with Crippen molar-refractivity contribution in [3.63, 3.8) is 0 Å². The molecule has 0 aliphatic carbocycles. The molecule has 2 aromatic carbocycles. The lowest BCUT2D eigenvalue weighted by molar-refractivity contribution is 0.594. The lowest BCUT2D eigenvalue weighted by Gasteiger charge is -2.12. The van der Waals surface area contributed by atoms with Gasteiger partial charge in [0.2, 0.25) is 0 Å². The second-order valence-corrected chi connectivity index (χ2v) is 4.15. The number of nitrogens with one attached hydrogen (secondary N) is 1. The Bertz CT molecular complexity index is 531. The minimum absolute atomic E-state index is 0.161. The fraction of sp³-hybridized carbons (Fsp3) is 0.250. The molecule has 1 unspecified atom stereocenters. The highest BCUT2D eigenvalue weighted by Crippen LogP contribution is 2.18. The Hall–Kier alpha value is -1.78. The molecule has 1 heteroatoms. The molecular formula is C16H17N. The molecule has 0 saturated carbocycles. The molecule has 0 fully saturated rings. The molecule has 0 amide bonds. The Labute approximate surface area is 103 Å². The number of benzene rings is 2. The molecule has 2 rings (SSSR count). The minimum Gasteiger partial charge on any atom is -0.300 e. The number of fused-ring (bicyclic) bond motifs is 1. The van der Waals surface area contributed by atoms with Crippen LogP contribution in [-0.4, -0.2) is 6.04 Å². The highest BCUT2D eigenvalue weighted by atomic mass is 14.9. The molecule has 0 bridgehead atoms. The first-order valence-corrected chi connectivity index (χ1v) is 6.01. The number of rotatable bonds is 4. The van der Waals surface area contributed by atoms with Crippen molar-refractivity contribution in [2.24, 2.45) is 0 Å². The van der Waals surface area contributed by atoms with Gasteiger partial charge in [0.15, 0.2) is 0 Å². The zero-order valence-electron chi connectivity index (χ0n) is 10.1. The average Bonchev–Trinajstić information content (AvgIpc) is 2.40. The molecule has 0 saturated heterocycles. The molecule has 2 aromatic rings. The van der Waals surface area contributed by atoms with Crippen LogP contribution < -0.4 is 5.32 Å². The lowest BCUT2D eigenvalue weighted by atomic mass is 10.0. The highest BCUT2D eigenvalue weighted by molar-refractivity contribution is 5.85. The summed E-state index contributed by atoms with van der Waals surface area (Å²) < 4.78 is 0. The summed E-state index contributed by atoms with van der Waals surface area (Å²) in [5.74, 6) is 2.76. The molecule has 1 nitrogen and oxygen atoms in total. The van der Waals surface area contributed by atoms with E-state index in [1.807, 2.05) is 0 Å². The predicted molar refractivity (Wildman–Crippen MR) is 73.7 cm³/mol. The summed E-state index contributed by atoms with van der Waals surface area (Å²) in [6.07, 6.45) is 6.41. The van der Waals surface area contributed by atoms with Gasteiger partial charge in [-0.15, -0.1) is 6.42 Å². The largest absolute Gasteiger partial charge is 0.300 e. The van der Waals surface area contributed by atoms with Crippen molar-refractivity contribution >= 4 is 10.8 Å². The van der Waals surface area contributed by atoms with Crippen molar-refractivity contribution in [1.82, 2.24) is 5.32 Å². The van der Waals surface area contributed by atoms with Crippen LogP contribution in [0.3, 0.4) is 0 Å². The fourth-order valence-electron chi connectivity index (χ4n) is 2.00. The summed E-state index contributed by atoms with van der Waals surface area (Å²) in [5.41, 5.74) is 1.30. The Balaban J connectivity index is 2.22. The van der Waals surface area contributed by atoms with Gasteiger partial charge in [0.25, 0.3) is 0 Å². The van der Waals surface area contributed by atoms with Crippen molar-refractivity contribution in [2.45, 2.75) is 25.9 Å². The SMILES string of the molecule is C#CC(CC)NCc1cccc2ccccc12. The molecular weight excluding hydrogens is 206 g/mol. The molecule has 1 atom stereocenters. The van der Waals surface area contributed by atoms with Gasteiger partial charge in [0, 0.05) is 6.54 Å². The standard InChI is InChI=1S/C16H17N/c1-3-15(4-2)17-12-14-10-7-9-13-8-5-6-11-16(13)14/h1,5-11,15,17H,4,12H2,2H3. The van der Waals surface area contributed by atoms with E-state index in [0.717, 1.165) is 13.0 Å². The predicted octanol–water partition coefficient (Wildman–Crippen LogP) is 3.34. The van der Waals surface area contributed by atoms with Crippen molar-refractivity contribution in [3.8, 4) is 12.3 Å². The summed E-state index contributed by atoms with van der Waals surface area (Å²) >= 11 is 0. The van der Waals surface area contributed by atoms with E-state index in [4.69, 9.17) is 6.42 Å². The van der Waals surface area contributed by atoms with Crippen LogP contribution in [0.5, 0.6) is 0 Å². The maximum Gasteiger partial charge on any atom is 0.0686 e. The van der Waals surface area contributed by atoms with Crippen molar-refractivity contribution in [2.75, 3.05) is 0 Å². The van der Waals surface area contributed by atoms with Crippen molar-refractivity contribution in [3.05, 3.63) is 48.0 Å². The quantitative estimate of drug-likeness (QED) is 0.784. The molecule has 0 heterocycles. The van der Waals surface area contributed by atoms with Gasteiger partial charge in [-0.2, -0.15) is 0 Å². The second-order valence-electron chi connectivity index (χ2n) is 4.15. The van der Waals surface area contributed by atoms with E-state index in [1.54, 1.807) is 0 Å². The summed E-state index contributed by atoms with van der Waals surface area (Å²) in [5, 5.41) is 5.97. The third kappa shape index (κ3) is 2.67. The van der Waals surface area contributed by atoms with Gasteiger partial charge in [-0.1, -0.05) is 55.3 Å². The lowest BCUT2D eigenvalue weighted by Crippen LogP contribution is -2.26. The smallest absolute Gasteiger partial charge is 0.0686 e. The Morgan fingerprint density at radius 1 is 1.18 bits per heavy atom. The maximum absolute atomic E-state index is 5.45. The van der Waals surface area contributed by atoms with E-state index in [2.05, 4.69) is 60.6 Å². The Kier molecular flexibility index (Phi) is 3.80. The van der Waals surface area contributed by atoms with E-state index in [0.29, 0.717) is 0 Å². The van der Waals surface area contributed by atoms with Gasteiger partial charge in [-0.3, -0.25) is 5.32 Å². The van der Waals surface area contributed by atoms with Gasteiger partial charge in [-0.05, 0) is 22.8 Å². The van der Waals surface area contributed by atoms with Crippen LogP contribution in [0.2, 0.25) is 0 Å². The summed E-state index contributed by atoms with van der Waals surface area (Å²) in [7, 11) is 0. The van der Waals surface area contributed by atoms with E-state index in [9.17, 15) is 0 Å². The number of terminal acetylenes is 1. The zero-order chi connectivity index (χ0) is 12.1. The first-order valence-electron chi connectivity index (χ1n) is 6.01. The topological polar surface area (TPSA) is 12.0 Å². The molecule has 0 radical (unpaired) electrons. The van der Waals surface area contributed by atoms with Gasteiger partial charge >= 0.3 is 0 Å². The van der Waals surface area contributed by atoms with Gasteiger partial charge in [0.1, 0.15) is 0 Å². The molecule has 1 N–H and O–H groups in total. The van der Waals surface area contributed by atoms with Gasteiger partial charge < -0.3 is 0 Å². The Morgan fingerprint density at radius 3 is 2.71 bits per heavy atom. The average molecular weight is 223 g/mol. The number of hydrogen-bond acceptors (Lipinski definition) is 1. The molecule has 0 aromatic heterocycles. The van der Waals surface area contributed by atoms with Crippen LogP contribution in [0.15, 0.2) is 42.5 Å². The second kappa shape index (κ2) is 5.52. The van der Waals surface area contributed by atoms with Crippen LogP contribution in [0.4, 0.5) is 0 Å². The third-order valence-electron chi connectivity index (χ3n) is 3.03. The van der Waals surface area contributed by atoms with Crippen LogP contribution >= 0.6 is 0 Å². The highest BCUT2D eigenvalue weighted by Gasteiger charge is 2.03. The van der Waals surface area contributed by atoms with E-state index in [-0.39, 0.29) is 6.04 Å². The molecule has 86 valence electrons. The zero-order valence-corrected chi connectivity index (χ0v) is 10.1. The number of hydrogen-bond donors (Lipinski definition) is 1. The molecule has 0 spiro atoms. The first-order chi connectivity index (χ1) is 8.35. The first kappa shape index (κ1) is 11.7. The van der Waals surface area contributed by atoms with Crippen molar-refractivity contribution < 1.29 is 0 Å². The van der Waals surface area contributed by atoms with Crippen LogP contribution in [-0.2, 0) is 6.54 Å². The normalized spacial score (nSPS) is 12.2. The molecule has 0 aliphatic heterocycles. The maximum atomic E-state index is 5.45.